The number of cyclic esters (lactones) is 1. The molecule has 1 N–H and O–H groups in total. The molecule has 0 aromatic heterocycles. The van der Waals surface area contributed by atoms with Gasteiger partial charge in [-0.2, -0.15) is 0 Å². The van der Waals surface area contributed by atoms with Gasteiger partial charge in [-0.1, -0.05) is 32.4 Å². The average molecular weight is 585 g/mol. The van der Waals surface area contributed by atoms with Crippen LogP contribution in [0.4, 0.5) is 0 Å². The number of aliphatic hydroxyl groups is 1. The van der Waals surface area contributed by atoms with Crippen LogP contribution < -0.4 is 0 Å². The fraction of sp³-hybridized carbons (Fsp3) is 0.727. The number of carbonyl (C=O) groups excluding carboxylic acids is 3. The number of hydrogen-bond acceptors (Lipinski definition) is 9. The van der Waals surface area contributed by atoms with E-state index < -0.39 is 52.6 Å². The minimum atomic E-state index is -0.787. The van der Waals surface area contributed by atoms with Crippen LogP contribution in [-0.4, -0.2) is 73.4 Å². The van der Waals surface area contributed by atoms with Gasteiger partial charge < -0.3 is 28.8 Å². The van der Waals surface area contributed by atoms with Crippen molar-refractivity contribution in [2.45, 2.75) is 98.2 Å². The summed E-state index contributed by atoms with van der Waals surface area (Å²) in [6, 6.07) is 0. The molecule has 6 aliphatic rings. The number of ether oxygens (including phenoxy) is 5. The van der Waals surface area contributed by atoms with Crippen LogP contribution in [0.5, 0.6) is 0 Å². The summed E-state index contributed by atoms with van der Waals surface area (Å²) in [5, 5.41) is 12.0. The average Bonchev–Trinajstić information content (AvgIpc) is 3.58. The molecule has 9 heteroatoms. The summed E-state index contributed by atoms with van der Waals surface area (Å²) in [6.45, 7) is 14.4. The first-order valence-electron chi connectivity index (χ1n) is 15.3. The summed E-state index contributed by atoms with van der Waals surface area (Å²) in [5.41, 5.74) is 1.23. The first-order chi connectivity index (χ1) is 19.8. The molecule has 230 valence electrons. The second kappa shape index (κ2) is 10.0. The Hall–Kier alpha value is -2.49. The summed E-state index contributed by atoms with van der Waals surface area (Å²) in [4.78, 5) is 38.4. The molecule has 0 spiro atoms. The van der Waals surface area contributed by atoms with Crippen molar-refractivity contribution in [3.63, 3.8) is 0 Å². The zero-order valence-corrected chi connectivity index (χ0v) is 25.7. The Morgan fingerprint density at radius 2 is 1.86 bits per heavy atom. The number of carbonyl (C=O) groups is 3. The standard InChI is InChI=1S/C33H44O9/c1-8-16(2)29(36)42-28-26-27-31(5,15-40-26)24(41-18(4)34)14-23(35)32(27,6)22-10-12-38-21-13-20(19-9-11-39-30(19)37)17(3)25(21)33(22,28)7/h8-9,20-24,26-28,35H,10-15H2,1-7H3/b16-8-/t20-,21+,22-,23+,24-,26-,27+,28-,31-,32+,33-/m1/s1. The van der Waals surface area contributed by atoms with Crippen LogP contribution in [0, 0.1) is 34.0 Å². The maximum Gasteiger partial charge on any atom is 0.334 e. The molecule has 3 heterocycles. The monoisotopic (exact) mass is 584 g/mol. The van der Waals surface area contributed by atoms with Crippen molar-refractivity contribution in [3.05, 3.63) is 34.4 Å². The number of esters is 3. The molecule has 0 aromatic carbocycles. The van der Waals surface area contributed by atoms with E-state index in [2.05, 4.69) is 27.7 Å². The van der Waals surface area contributed by atoms with Crippen molar-refractivity contribution in [3.8, 4) is 0 Å². The Balaban J connectivity index is 1.55. The van der Waals surface area contributed by atoms with Crippen molar-refractivity contribution >= 4 is 17.9 Å². The summed E-state index contributed by atoms with van der Waals surface area (Å²) in [7, 11) is 0. The van der Waals surface area contributed by atoms with E-state index in [9.17, 15) is 19.5 Å². The number of rotatable bonds is 4. The predicted octanol–water partition coefficient (Wildman–Crippen LogP) is 3.83. The van der Waals surface area contributed by atoms with Crippen LogP contribution in [0.15, 0.2) is 34.4 Å². The largest absolute Gasteiger partial charge is 0.462 e. The lowest BCUT2D eigenvalue weighted by Gasteiger charge is -2.66. The second-order valence-corrected chi connectivity index (χ2v) is 13.9. The molecule has 0 bridgehead atoms. The van der Waals surface area contributed by atoms with E-state index in [4.69, 9.17) is 23.7 Å². The number of aliphatic hydroxyl groups excluding tert-OH is 1. The van der Waals surface area contributed by atoms with Gasteiger partial charge in [0, 0.05) is 59.2 Å². The first-order valence-corrected chi connectivity index (χ1v) is 15.3. The Labute approximate surface area is 247 Å². The Bertz CT molecular complexity index is 1300. The minimum Gasteiger partial charge on any atom is -0.462 e. The van der Waals surface area contributed by atoms with Gasteiger partial charge in [-0.15, -0.1) is 0 Å². The normalized spacial score (nSPS) is 46.2. The van der Waals surface area contributed by atoms with Crippen molar-refractivity contribution in [2.24, 2.45) is 34.0 Å². The number of hydrogen-bond donors (Lipinski definition) is 1. The Morgan fingerprint density at radius 1 is 1.12 bits per heavy atom. The molecule has 0 amide bonds. The minimum absolute atomic E-state index is 0.150. The van der Waals surface area contributed by atoms with Crippen LogP contribution in [0.3, 0.4) is 0 Å². The van der Waals surface area contributed by atoms with Crippen LogP contribution >= 0.6 is 0 Å². The quantitative estimate of drug-likeness (QED) is 0.228. The van der Waals surface area contributed by atoms with Gasteiger partial charge in [-0.25, -0.2) is 9.59 Å². The number of fused-ring (bicyclic) bond motifs is 4. The summed E-state index contributed by atoms with van der Waals surface area (Å²) < 4.78 is 30.8. The van der Waals surface area contributed by atoms with Gasteiger partial charge >= 0.3 is 17.9 Å². The molecule has 2 saturated carbocycles. The van der Waals surface area contributed by atoms with Gasteiger partial charge in [0.2, 0.25) is 0 Å². The molecular formula is C33H44O9. The maximum absolute atomic E-state index is 13.5. The van der Waals surface area contributed by atoms with E-state index in [0.717, 1.165) is 11.1 Å². The highest BCUT2D eigenvalue weighted by molar-refractivity contribution is 5.92. The van der Waals surface area contributed by atoms with Gasteiger partial charge in [0.1, 0.15) is 18.8 Å². The molecular weight excluding hydrogens is 540 g/mol. The van der Waals surface area contributed by atoms with Crippen molar-refractivity contribution in [2.75, 3.05) is 19.8 Å². The highest BCUT2D eigenvalue weighted by atomic mass is 16.6. The van der Waals surface area contributed by atoms with E-state index in [0.29, 0.717) is 43.6 Å². The van der Waals surface area contributed by atoms with Gasteiger partial charge in [-0.3, -0.25) is 4.79 Å². The third-order valence-corrected chi connectivity index (χ3v) is 12.0. The molecule has 11 atom stereocenters. The molecule has 4 fully saturated rings. The van der Waals surface area contributed by atoms with Gasteiger partial charge in [0.05, 0.1) is 24.9 Å². The van der Waals surface area contributed by atoms with Crippen molar-refractivity contribution in [1.29, 1.82) is 0 Å². The van der Waals surface area contributed by atoms with E-state index in [1.165, 1.54) is 6.92 Å². The Morgan fingerprint density at radius 3 is 2.50 bits per heavy atom. The third kappa shape index (κ3) is 3.88. The van der Waals surface area contributed by atoms with Crippen molar-refractivity contribution < 1.29 is 43.2 Å². The van der Waals surface area contributed by atoms with Crippen LogP contribution in [-0.2, 0) is 38.1 Å². The van der Waals surface area contributed by atoms with Crippen LogP contribution in [0.2, 0.25) is 0 Å². The van der Waals surface area contributed by atoms with E-state index in [1.54, 1.807) is 13.0 Å². The van der Waals surface area contributed by atoms with Gasteiger partial charge in [0.15, 0.2) is 0 Å². The maximum atomic E-state index is 13.5. The third-order valence-electron chi connectivity index (χ3n) is 12.0. The topological polar surface area (TPSA) is 118 Å². The molecule has 9 nitrogen and oxygen atoms in total. The lowest BCUT2D eigenvalue weighted by atomic mass is 9.39. The summed E-state index contributed by atoms with van der Waals surface area (Å²) in [5.74, 6) is -1.66. The summed E-state index contributed by atoms with van der Waals surface area (Å²) in [6.07, 6.45) is 2.34. The molecule has 3 aliphatic heterocycles. The molecule has 6 rings (SSSR count). The van der Waals surface area contributed by atoms with E-state index in [1.807, 2.05) is 13.0 Å². The Kier molecular flexibility index (Phi) is 7.06. The molecule has 0 aromatic rings. The van der Waals surface area contributed by atoms with Crippen LogP contribution in [0.25, 0.3) is 0 Å². The van der Waals surface area contributed by atoms with Gasteiger partial charge in [0.25, 0.3) is 0 Å². The predicted molar refractivity (Wildman–Crippen MR) is 151 cm³/mol. The lowest BCUT2D eigenvalue weighted by Crippen LogP contribution is -2.71. The fourth-order valence-electron chi connectivity index (χ4n) is 10.1. The van der Waals surface area contributed by atoms with Crippen molar-refractivity contribution in [1.82, 2.24) is 0 Å². The molecule has 0 radical (unpaired) electrons. The highest BCUT2D eigenvalue weighted by Crippen LogP contribution is 2.72. The highest BCUT2D eigenvalue weighted by Gasteiger charge is 2.76. The van der Waals surface area contributed by atoms with E-state index >= 15 is 0 Å². The van der Waals surface area contributed by atoms with Crippen LogP contribution in [0.1, 0.15) is 67.7 Å². The van der Waals surface area contributed by atoms with Gasteiger partial charge in [-0.05, 0) is 51.2 Å². The molecule has 0 unspecified atom stereocenters. The second-order valence-electron chi connectivity index (χ2n) is 13.9. The first kappa shape index (κ1) is 29.6. The molecule has 42 heavy (non-hydrogen) atoms. The smallest absolute Gasteiger partial charge is 0.334 e. The molecule has 3 aliphatic carbocycles. The van der Waals surface area contributed by atoms with E-state index in [-0.39, 0.29) is 36.4 Å². The number of allylic oxidation sites excluding steroid dienone is 2. The fourth-order valence-corrected chi connectivity index (χ4v) is 10.1. The lowest BCUT2D eigenvalue weighted by molar-refractivity contribution is -0.253. The zero-order valence-electron chi connectivity index (χ0n) is 25.7. The molecule has 2 saturated heterocycles. The summed E-state index contributed by atoms with van der Waals surface area (Å²) >= 11 is 0. The SMILES string of the molecule is C/C=C(/C)C(=O)O[C@@H]1[C@@H]2OC[C@]3(C)[C@H](OC(C)=O)C[C@H](O)[C@@](C)([C@@H]23)[C@H]2CCO[C@H]3C[C@@H](C4=CCOC4=O)C(C)=C3[C@]12C. The zero-order chi connectivity index (χ0) is 30.4.